The number of hydrogen-bond donors (Lipinski definition) is 4. The van der Waals surface area contributed by atoms with Crippen molar-refractivity contribution >= 4 is 17.5 Å². The normalized spacial score (nSPS) is 21.4. The molecule has 1 atom stereocenters. The zero-order chi connectivity index (χ0) is 18.2. The fourth-order valence-corrected chi connectivity index (χ4v) is 2.96. The second-order valence-electron chi connectivity index (χ2n) is 6.79. The first-order valence-electron chi connectivity index (χ1n) is 8.98. The second kappa shape index (κ2) is 9.48. The maximum Gasteiger partial charge on any atom is 0.279 e. The van der Waals surface area contributed by atoms with E-state index in [1.807, 2.05) is 6.92 Å². The van der Waals surface area contributed by atoms with Crippen LogP contribution in [0.4, 0.5) is 10.1 Å². The highest BCUT2D eigenvalue weighted by molar-refractivity contribution is 5.91. The number of carbonyl (C=O) groups is 2. The number of carbonyl (C=O) groups excluding carboxylic acids is 2. The van der Waals surface area contributed by atoms with Gasteiger partial charge in [-0.2, -0.15) is 0 Å². The number of benzene rings is 1. The molecule has 2 rings (SSSR count). The highest BCUT2D eigenvalue weighted by Gasteiger charge is 2.26. The van der Waals surface area contributed by atoms with Gasteiger partial charge in [0, 0.05) is 11.7 Å². The van der Waals surface area contributed by atoms with Gasteiger partial charge in [-0.05, 0) is 31.5 Å². The number of hydrogen-bond acceptors (Lipinski definition) is 2. The Labute approximate surface area is 148 Å². The van der Waals surface area contributed by atoms with Crippen molar-refractivity contribution in [2.75, 3.05) is 44.6 Å². The molecule has 6 nitrogen and oxygen atoms in total. The molecule has 1 saturated heterocycles. The largest absolute Gasteiger partial charge is 0.349 e. The number of anilines is 1. The third-order valence-corrected chi connectivity index (χ3v) is 4.61. The first kappa shape index (κ1) is 19.3. The van der Waals surface area contributed by atoms with Crippen LogP contribution in [0, 0.1) is 5.82 Å². The van der Waals surface area contributed by atoms with Gasteiger partial charge >= 0.3 is 0 Å². The Kier molecular flexibility index (Phi) is 7.33. The predicted molar refractivity (Wildman–Crippen MR) is 94.1 cm³/mol. The van der Waals surface area contributed by atoms with Crippen LogP contribution in [0.3, 0.4) is 0 Å². The molecule has 1 aliphatic heterocycles. The van der Waals surface area contributed by atoms with Crippen molar-refractivity contribution in [3.05, 3.63) is 30.1 Å². The number of quaternary nitrogens is 2. The third kappa shape index (κ3) is 6.80. The molecule has 2 amide bonds. The van der Waals surface area contributed by atoms with Gasteiger partial charge in [-0.1, -0.05) is 13.0 Å². The molecule has 1 aliphatic rings. The number of halogens is 1. The molecular formula is C18H29FN4O2+2. The summed E-state index contributed by atoms with van der Waals surface area (Å²) in [6, 6.07) is 6.12. The van der Waals surface area contributed by atoms with Gasteiger partial charge in [0.2, 0.25) is 0 Å². The lowest BCUT2D eigenvalue weighted by Gasteiger charge is -2.29. The van der Waals surface area contributed by atoms with Crippen LogP contribution in [0.2, 0.25) is 0 Å². The molecule has 0 saturated carbocycles. The first-order valence-corrected chi connectivity index (χ1v) is 8.98. The van der Waals surface area contributed by atoms with Gasteiger partial charge in [-0.3, -0.25) is 9.59 Å². The molecule has 0 aliphatic carbocycles. The molecule has 0 radical (unpaired) electrons. The Balaban J connectivity index is 1.69. The molecule has 138 valence electrons. The minimum absolute atomic E-state index is 0.0941. The molecule has 0 aromatic heterocycles. The van der Waals surface area contributed by atoms with E-state index in [9.17, 15) is 14.0 Å². The number of piperazine rings is 1. The summed E-state index contributed by atoms with van der Waals surface area (Å²) >= 11 is 0. The zero-order valence-electron chi connectivity index (χ0n) is 15.0. The molecule has 7 heteroatoms. The van der Waals surface area contributed by atoms with Crippen LogP contribution >= 0.6 is 0 Å². The van der Waals surface area contributed by atoms with E-state index in [2.05, 4.69) is 17.6 Å². The highest BCUT2D eigenvalue weighted by atomic mass is 19.1. The average molecular weight is 352 g/mol. The van der Waals surface area contributed by atoms with Gasteiger partial charge in [0.15, 0.2) is 13.1 Å². The SMILES string of the molecule is CC[C@@H](C)NC(=O)C[NH+]1CC[NH+](CC(=O)Nc2cccc(F)c2)CC1. The van der Waals surface area contributed by atoms with Crippen molar-refractivity contribution in [1.82, 2.24) is 5.32 Å². The standard InChI is InChI=1S/C18H27FN4O2/c1-3-14(2)20-17(24)12-22-7-9-23(10-8-22)13-18(25)21-16-6-4-5-15(19)11-16/h4-6,11,14H,3,7-10,12-13H2,1-2H3,(H,20,24)(H,21,25)/p+2/t14-/m1/s1. The van der Waals surface area contributed by atoms with E-state index in [1.54, 1.807) is 12.1 Å². The van der Waals surface area contributed by atoms with Gasteiger partial charge < -0.3 is 20.4 Å². The number of rotatable bonds is 7. The lowest BCUT2D eigenvalue weighted by Crippen LogP contribution is -3.28. The topological polar surface area (TPSA) is 67.1 Å². The maximum atomic E-state index is 13.1. The third-order valence-electron chi connectivity index (χ3n) is 4.61. The van der Waals surface area contributed by atoms with Gasteiger partial charge in [-0.15, -0.1) is 0 Å². The monoisotopic (exact) mass is 352 g/mol. The van der Waals surface area contributed by atoms with Crippen molar-refractivity contribution in [2.45, 2.75) is 26.3 Å². The van der Waals surface area contributed by atoms with Crippen LogP contribution < -0.4 is 20.4 Å². The quantitative estimate of drug-likeness (QED) is 0.481. The summed E-state index contributed by atoms with van der Waals surface area (Å²) in [5.41, 5.74) is 0.482. The van der Waals surface area contributed by atoms with E-state index in [4.69, 9.17) is 0 Å². The Morgan fingerprint density at radius 1 is 1.12 bits per heavy atom. The lowest BCUT2D eigenvalue weighted by molar-refractivity contribution is -1.00. The second-order valence-corrected chi connectivity index (χ2v) is 6.79. The fraction of sp³-hybridized carbons (Fsp3) is 0.556. The number of nitrogens with one attached hydrogen (secondary N) is 4. The number of amides is 2. The van der Waals surface area contributed by atoms with Gasteiger partial charge in [0.05, 0.1) is 0 Å². The molecule has 1 fully saturated rings. The van der Waals surface area contributed by atoms with E-state index in [-0.39, 0.29) is 23.7 Å². The van der Waals surface area contributed by atoms with Gasteiger partial charge in [-0.25, -0.2) is 4.39 Å². The van der Waals surface area contributed by atoms with Crippen molar-refractivity contribution in [2.24, 2.45) is 0 Å². The molecule has 0 unspecified atom stereocenters. The lowest BCUT2D eigenvalue weighted by atomic mass is 10.2. The van der Waals surface area contributed by atoms with E-state index in [1.165, 1.54) is 21.9 Å². The van der Waals surface area contributed by atoms with Crippen LogP contribution in [0.15, 0.2) is 24.3 Å². The molecule has 1 heterocycles. The molecule has 0 spiro atoms. The summed E-state index contributed by atoms with van der Waals surface area (Å²) in [5.74, 6) is -0.381. The summed E-state index contributed by atoms with van der Waals surface area (Å²) in [5, 5.41) is 5.72. The Bertz CT molecular complexity index is 588. The summed E-state index contributed by atoms with van der Waals surface area (Å²) in [6.07, 6.45) is 0.930. The van der Waals surface area contributed by atoms with Crippen LogP contribution in [0.25, 0.3) is 0 Å². The van der Waals surface area contributed by atoms with Crippen molar-refractivity contribution in [1.29, 1.82) is 0 Å². The fourth-order valence-electron chi connectivity index (χ4n) is 2.96. The van der Waals surface area contributed by atoms with Crippen LogP contribution in [-0.2, 0) is 9.59 Å². The highest BCUT2D eigenvalue weighted by Crippen LogP contribution is 2.08. The molecular weight excluding hydrogens is 323 g/mol. The Morgan fingerprint density at radius 2 is 1.72 bits per heavy atom. The molecule has 1 aromatic carbocycles. The van der Waals surface area contributed by atoms with E-state index in [0.717, 1.165) is 32.6 Å². The smallest absolute Gasteiger partial charge is 0.279 e. The van der Waals surface area contributed by atoms with Crippen molar-refractivity contribution < 1.29 is 23.8 Å². The van der Waals surface area contributed by atoms with E-state index < -0.39 is 0 Å². The van der Waals surface area contributed by atoms with Crippen LogP contribution in [-0.4, -0.2) is 57.1 Å². The minimum atomic E-state index is -0.363. The van der Waals surface area contributed by atoms with Crippen LogP contribution in [0.5, 0.6) is 0 Å². The first-order chi connectivity index (χ1) is 12.0. The summed E-state index contributed by atoms with van der Waals surface area (Å²) in [4.78, 5) is 26.5. The molecule has 4 N–H and O–H groups in total. The van der Waals surface area contributed by atoms with E-state index >= 15 is 0 Å². The molecule has 1 aromatic rings. The van der Waals surface area contributed by atoms with Crippen molar-refractivity contribution in [3.63, 3.8) is 0 Å². The zero-order valence-corrected chi connectivity index (χ0v) is 15.0. The van der Waals surface area contributed by atoms with E-state index in [0.29, 0.717) is 18.8 Å². The molecule has 0 bridgehead atoms. The summed E-state index contributed by atoms with van der Waals surface area (Å²) in [7, 11) is 0. The predicted octanol–water partition coefficient (Wildman–Crippen LogP) is -1.54. The van der Waals surface area contributed by atoms with Crippen LogP contribution in [0.1, 0.15) is 20.3 Å². The summed E-state index contributed by atoms with van der Waals surface area (Å²) < 4.78 is 13.1. The average Bonchev–Trinajstić information content (AvgIpc) is 2.56. The Morgan fingerprint density at radius 3 is 2.28 bits per heavy atom. The maximum absolute atomic E-state index is 13.1. The van der Waals surface area contributed by atoms with Gasteiger partial charge in [0.25, 0.3) is 11.8 Å². The molecule has 25 heavy (non-hydrogen) atoms. The minimum Gasteiger partial charge on any atom is -0.349 e. The van der Waals surface area contributed by atoms with Crippen molar-refractivity contribution in [3.8, 4) is 0 Å². The van der Waals surface area contributed by atoms with Gasteiger partial charge in [0.1, 0.15) is 32.0 Å². The Hall–Kier alpha value is -1.99. The summed E-state index contributed by atoms with van der Waals surface area (Å²) in [6.45, 7) is 8.36.